The molecule has 1 saturated carbocycles. The molecular weight excluding hydrogens is 198 g/mol. The Morgan fingerprint density at radius 3 is 2.69 bits per heavy atom. The number of aliphatic hydroxyl groups excluding tert-OH is 1. The SMILES string of the molecule is CC1CCC(Nc2cccc(CO)c2)CC1. The Bertz CT molecular complexity index is 329. The summed E-state index contributed by atoms with van der Waals surface area (Å²) in [4.78, 5) is 0. The standard InChI is InChI=1S/C14H21NO/c1-11-5-7-13(8-6-11)15-14-4-2-3-12(9-14)10-16/h2-4,9,11,13,15-16H,5-8,10H2,1H3. The smallest absolute Gasteiger partial charge is 0.0682 e. The molecule has 0 aliphatic heterocycles. The van der Waals surface area contributed by atoms with Crippen molar-refractivity contribution in [2.75, 3.05) is 5.32 Å². The lowest BCUT2D eigenvalue weighted by atomic mass is 9.87. The van der Waals surface area contributed by atoms with Crippen molar-refractivity contribution < 1.29 is 5.11 Å². The van der Waals surface area contributed by atoms with E-state index < -0.39 is 0 Å². The summed E-state index contributed by atoms with van der Waals surface area (Å²) in [6, 6.07) is 8.69. The molecule has 1 aromatic carbocycles. The number of aliphatic hydroxyl groups is 1. The molecule has 1 aliphatic rings. The molecule has 0 radical (unpaired) electrons. The molecule has 1 fully saturated rings. The molecule has 88 valence electrons. The van der Waals surface area contributed by atoms with E-state index in [0.717, 1.165) is 17.2 Å². The van der Waals surface area contributed by atoms with Crippen LogP contribution in [0.15, 0.2) is 24.3 Å². The largest absolute Gasteiger partial charge is 0.392 e. The van der Waals surface area contributed by atoms with E-state index in [9.17, 15) is 0 Å². The molecule has 0 heterocycles. The van der Waals surface area contributed by atoms with Gasteiger partial charge in [0, 0.05) is 11.7 Å². The zero-order valence-electron chi connectivity index (χ0n) is 9.95. The molecule has 0 saturated heterocycles. The van der Waals surface area contributed by atoms with Gasteiger partial charge in [-0.2, -0.15) is 0 Å². The molecular formula is C14H21NO. The summed E-state index contributed by atoms with van der Waals surface area (Å²) in [7, 11) is 0. The van der Waals surface area contributed by atoms with Crippen LogP contribution in [0.5, 0.6) is 0 Å². The minimum atomic E-state index is 0.122. The van der Waals surface area contributed by atoms with Crippen molar-refractivity contribution >= 4 is 5.69 Å². The van der Waals surface area contributed by atoms with Gasteiger partial charge in [0.1, 0.15) is 0 Å². The number of benzene rings is 1. The molecule has 0 atom stereocenters. The van der Waals surface area contributed by atoms with Crippen molar-refractivity contribution in [3.05, 3.63) is 29.8 Å². The van der Waals surface area contributed by atoms with Crippen molar-refractivity contribution in [2.24, 2.45) is 5.92 Å². The normalized spacial score (nSPS) is 25.4. The highest BCUT2D eigenvalue weighted by Crippen LogP contribution is 2.26. The maximum atomic E-state index is 9.07. The molecule has 0 spiro atoms. The maximum Gasteiger partial charge on any atom is 0.0682 e. The third kappa shape index (κ3) is 2.99. The van der Waals surface area contributed by atoms with Gasteiger partial charge in [-0.25, -0.2) is 0 Å². The Balaban J connectivity index is 1.93. The highest BCUT2D eigenvalue weighted by Gasteiger charge is 2.17. The van der Waals surface area contributed by atoms with Crippen LogP contribution in [0, 0.1) is 5.92 Å². The molecule has 0 aromatic heterocycles. The number of hydrogen-bond acceptors (Lipinski definition) is 2. The van der Waals surface area contributed by atoms with Crippen LogP contribution in [0.2, 0.25) is 0 Å². The predicted octanol–water partition coefficient (Wildman–Crippen LogP) is 3.17. The average molecular weight is 219 g/mol. The van der Waals surface area contributed by atoms with Gasteiger partial charge in [-0.3, -0.25) is 0 Å². The van der Waals surface area contributed by atoms with Gasteiger partial charge in [-0.05, 0) is 49.3 Å². The van der Waals surface area contributed by atoms with Gasteiger partial charge in [-0.15, -0.1) is 0 Å². The third-order valence-electron chi connectivity index (χ3n) is 3.50. The zero-order chi connectivity index (χ0) is 11.4. The summed E-state index contributed by atoms with van der Waals surface area (Å²) in [5.74, 6) is 0.891. The van der Waals surface area contributed by atoms with Crippen LogP contribution in [-0.2, 0) is 6.61 Å². The predicted molar refractivity (Wildman–Crippen MR) is 67.4 cm³/mol. The van der Waals surface area contributed by atoms with Gasteiger partial charge >= 0.3 is 0 Å². The summed E-state index contributed by atoms with van der Waals surface area (Å²) in [5, 5.41) is 12.6. The van der Waals surface area contributed by atoms with Crippen molar-refractivity contribution in [3.63, 3.8) is 0 Å². The van der Waals surface area contributed by atoms with Crippen molar-refractivity contribution in [2.45, 2.75) is 45.3 Å². The summed E-state index contributed by atoms with van der Waals surface area (Å²) < 4.78 is 0. The van der Waals surface area contributed by atoms with Crippen LogP contribution < -0.4 is 5.32 Å². The van der Waals surface area contributed by atoms with Crippen LogP contribution in [0.4, 0.5) is 5.69 Å². The van der Waals surface area contributed by atoms with Gasteiger partial charge in [-0.1, -0.05) is 19.1 Å². The molecule has 0 amide bonds. The Labute approximate surface area is 97.7 Å². The first-order valence-corrected chi connectivity index (χ1v) is 6.24. The Hall–Kier alpha value is -1.02. The fraction of sp³-hybridized carbons (Fsp3) is 0.571. The van der Waals surface area contributed by atoms with E-state index >= 15 is 0 Å². The summed E-state index contributed by atoms with van der Waals surface area (Å²) in [6.45, 7) is 2.46. The van der Waals surface area contributed by atoms with Crippen LogP contribution in [0.3, 0.4) is 0 Å². The fourth-order valence-corrected chi connectivity index (χ4v) is 2.40. The molecule has 16 heavy (non-hydrogen) atoms. The first-order valence-electron chi connectivity index (χ1n) is 6.24. The van der Waals surface area contributed by atoms with E-state index in [1.165, 1.54) is 25.7 Å². The van der Waals surface area contributed by atoms with Crippen molar-refractivity contribution in [1.82, 2.24) is 0 Å². The van der Waals surface area contributed by atoms with Crippen LogP contribution in [0.1, 0.15) is 38.2 Å². The van der Waals surface area contributed by atoms with E-state index in [2.05, 4.69) is 18.3 Å². The van der Waals surface area contributed by atoms with Gasteiger partial charge in [0.2, 0.25) is 0 Å². The van der Waals surface area contributed by atoms with Crippen LogP contribution in [0.25, 0.3) is 0 Å². The van der Waals surface area contributed by atoms with Crippen molar-refractivity contribution in [3.8, 4) is 0 Å². The molecule has 1 aliphatic carbocycles. The van der Waals surface area contributed by atoms with E-state index in [0.29, 0.717) is 6.04 Å². The van der Waals surface area contributed by atoms with Crippen molar-refractivity contribution in [1.29, 1.82) is 0 Å². The molecule has 0 unspecified atom stereocenters. The molecule has 2 N–H and O–H groups in total. The molecule has 2 rings (SSSR count). The Morgan fingerprint density at radius 1 is 1.25 bits per heavy atom. The average Bonchev–Trinajstić information content (AvgIpc) is 2.32. The van der Waals surface area contributed by atoms with Gasteiger partial charge in [0.05, 0.1) is 6.61 Å². The number of nitrogens with one attached hydrogen (secondary N) is 1. The lowest BCUT2D eigenvalue weighted by molar-refractivity contribution is 0.282. The van der Waals surface area contributed by atoms with Crippen LogP contribution in [-0.4, -0.2) is 11.1 Å². The van der Waals surface area contributed by atoms with E-state index in [1.807, 2.05) is 18.2 Å². The lowest BCUT2D eigenvalue weighted by Crippen LogP contribution is -2.25. The van der Waals surface area contributed by atoms with Gasteiger partial charge in [0.15, 0.2) is 0 Å². The number of rotatable bonds is 3. The topological polar surface area (TPSA) is 32.3 Å². The number of hydrogen-bond donors (Lipinski definition) is 2. The molecule has 1 aromatic rings. The first kappa shape index (κ1) is 11.5. The Kier molecular flexibility index (Phi) is 3.83. The monoisotopic (exact) mass is 219 g/mol. The second kappa shape index (κ2) is 5.35. The maximum absolute atomic E-state index is 9.07. The lowest BCUT2D eigenvalue weighted by Gasteiger charge is -2.27. The minimum Gasteiger partial charge on any atom is -0.392 e. The first-order chi connectivity index (χ1) is 7.78. The highest BCUT2D eigenvalue weighted by atomic mass is 16.3. The fourth-order valence-electron chi connectivity index (χ4n) is 2.40. The van der Waals surface area contributed by atoms with Crippen LogP contribution >= 0.6 is 0 Å². The van der Waals surface area contributed by atoms with E-state index in [4.69, 9.17) is 5.11 Å². The zero-order valence-corrected chi connectivity index (χ0v) is 9.95. The minimum absolute atomic E-state index is 0.122. The second-order valence-corrected chi connectivity index (χ2v) is 4.96. The summed E-state index contributed by atoms with van der Waals surface area (Å²) in [5.41, 5.74) is 2.13. The summed E-state index contributed by atoms with van der Waals surface area (Å²) >= 11 is 0. The quantitative estimate of drug-likeness (QED) is 0.818. The second-order valence-electron chi connectivity index (χ2n) is 4.96. The van der Waals surface area contributed by atoms with E-state index in [1.54, 1.807) is 0 Å². The third-order valence-corrected chi connectivity index (χ3v) is 3.50. The molecule has 2 nitrogen and oxygen atoms in total. The molecule has 2 heteroatoms. The molecule has 0 bridgehead atoms. The van der Waals surface area contributed by atoms with Gasteiger partial charge in [0.25, 0.3) is 0 Å². The summed E-state index contributed by atoms with van der Waals surface area (Å²) in [6.07, 6.45) is 5.20. The Morgan fingerprint density at radius 2 is 2.00 bits per heavy atom. The highest BCUT2D eigenvalue weighted by molar-refractivity contribution is 5.46. The number of anilines is 1. The van der Waals surface area contributed by atoms with E-state index in [-0.39, 0.29) is 6.61 Å². The van der Waals surface area contributed by atoms with Gasteiger partial charge < -0.3 is 10.4 Å².